The van der Waals surface area contributed by atoms with Crippen LogP contribution in [0.2, 0.25) is 5.02 Å². The molecule has 0 fully saturated rings. The van der Waals surface area contributed by atoms with Crippen molar-refractivity contribution in [2.75, 3.05) is 0 Å². The molecule has 2 nitrogen and oxygen atoms in total. The Morgan fingerprint density at radius 3 is 2.53 bits per heavy atom. The van der Waals surface area contributed by atoms with Crippen molar-refractivity contribution in [1.82, 2.24) is 4.98 Å². The lowest BCUT2D eigenvalue weighted by Gasteiger charge is -2.20. The minimum absolute atomic E-state index is 0.0780. The van der Waals surface area contributed by atoms with Gasteiger partial charge in [-0.2, -0.15) is 0 Å². The van der Waals surface area contributed by atoms with Gasteiger partial charge in [0.05, 0.1) is 5.02 Å². The number of H-pyrrole nitrogens is 1. The molecule has 0 saturated carbocycles. The number of rotatable bonds is 2. The normalized spacial score (nSPS) is 11.6. The number of aromatic amines is 1. The molecule has 1 aromatic heterocycles. The molecule has 0 aliphatic heterocycles. The van der Waals surface area contributed by atoms with E-state index in [2.05, 4.69) is 4.98 Å². The van der Waals surface area contributed by atoms with Crippen LogP contribution in [0, 0.1) is 10.5 Å². The van der Waals surface area contributed by atoms with Crippen LogP contribution in [-0.2, 0) is 5.54 Å². The lowest BCUT2D eigenvalue weighted by molar-refractivity contribution is 0.553. The predicted octanol–water partition coefficient (Wildman–Crippen LogP) is 4.40. The number of hydrogen-bond acceptors (Lipinski definition) is 2. The third-order valence-electron chi connectivity index (χ3n) is 2.82. The fraction of sp³-hybridized carbons (Fsp3) is 0.214. The van der Waals surface area contributed by atoms with Gasteiger partial charge < -0.3 is 10.7 Å². The van der Waals surface area contributed by atoms with Gasteiger partial charge in [-0.05, 0) is 55.3 Å². The van der Waals surface area contributed by atoms with E-state index in [9.17, 15) is 4.39 Å². The standard InChI is InChI=1S/C14H14ClFN2S/c1-14(2,17)9-6-12(18-13(19)7-9)8-3-4-11(16)10(15)5-8/h3-7H,17H2,1-2H3,(H,18,19). The molecule has 0 radical (unpaired) electrons. The second-order valence-electron chi connectivity index (χ2n) is 5.00. The van der Waals surface area contributed by atoms with Gasteiger partial charge in [0.15, 0.2) is 0 Å². The van der Waals surface area contributed by atoms with Crippen LogP contribution in [0.5, 0.6) is 0 Å². The van der Waals surface area contributed by atoms with Gasteiger partial charge in [-0.1, -0.05) is 23.8 Å². The van der Waals surface area contributed by atoms with Crippen molar-refractivity contribution >= 4 is 23.8 Å². The van der Waals surface area contributed by atoms with Crippen molar-refractivity contribution in [3.05, 3.63) is 51.4 Å². The monoisotopic (exact) mass is 296 g/mol. The second kappa shape index (κ2) is 5.04. The Kier molecular flexibility index (Phi) is 3.76. The number of nitrogens with one attached hydrogen (secondary N) is 1. The Morgan fingerprint density at radius 1 is 1.26 bits per heavy atom. The molecule has 0 aliphatic carbocycles. The number of nitrogens with two attached hydrogens (primary N) is 1. The number of benzene rings is 1. The van der Waals surface area contributed by atoms with Gasteiger partial charge in [0, 0.05) is 11.2 Å². The average Bonchev–Trinajstić information content (AvgIpc) is 2.31. The molecule has 1 heterocycles. The van der Waals surface area contributed by atoms with Crippen molar-refractivity contribution in [1.29, 1.82) is 0 Å². The molecule has 19 heavy (non-hydrogen) atoms. The summed E-state index contributed by atoms with van der Waals surface area (Å²) in [6, 6.07) is 8.26. The fourth-order valence-corrected chi connectivity index (χ4v) is 2.15. The number of hydrogen-bond donors (Lipinski definition) is 2. The first kappa shape index (κ1) is 14.2. The number of pyridine rings is 1. The van der Waals surface area contributed by atoms with E-state index in [-0.39, 0.29) is 5.02 Å². The van der Waals surface area contributed by atoms with E-state index in [1.54, 1.807) is 12.1 Å². The minimum Gasteiger partial charge on any atom is -0.346 e. The highest BCUT2D eigenvalue weighted by atomic mass is 35.5. The summed E-state index contributed by atoms with van der Waals surface area (Å²) in [6.07, 6.45) is 0. The Morgan fingerprint density at radius 2 is 1.95 bits per heavy atom. The van der Waals surface area contributed by atoms with Crippen molar-refractivity contribution in [2.24, 2.45) is 5.73 Å². The van der Waals surface area contributed by atoms with Crippen molar-refractivity contribution in [2.45, 2.75) is 19.4 Å². The highest BCUT2D eigenvalue weighted by Gasteiger charge is 2.15. The molecule has 100 valence electrons. The Labute approximate surface area is 121 Å². The lowest BCUT2D eigenvalue weighted by atomic mass is 9.95. The topological polar surface area (TPSA) is 41.8 Å². The molecule has 0 spiro atoms. The van der Waals surface area contributed by atoms with Crippen molar-refractivity contribution in [3.63, 3.8) is 0 Å². The van der Waals surface area contributed by atoms with E-state index in [4.69, 9.17) is 29.6 Å². The second-order valence-corrected chi connectivity index (χ2v) is 5.84. The summed E-state index contributed by atoms with van der Waals surface area (Å²) in [7, 11) is 0. The van der Waals surface area contributed by atoms with Gasteiger partial charge in [0.1, 0.15) is 10.5 Å². The van der Waals surface area contributed by atoms with E-state index in [0.29, 0.717) is 4.64 Å². The van der Waals surface area contributed by atoms with E-state index in [0.717, 1.165) is 16.8 Å². The molecule has 2 rings (SSSR count). The van der Waals surface area contributed by atoms with Gasteiger partial charge in [-0.25, -0.2) is 4.39 Å². The molecule has 5 heteroatoms. The van der Waals surface area contributed by atoms with Crippen molar-refractivity contribution < 1.29 is 4.39 Å². The molecule has 0 aliphatic rings. The molecule has 0 atom stereocenters. The first-order valence-electron chi connectivity index (χ1n) is 5.76. The minimum atomic E-state index is -0.499. The molecule has 2 aromatic rings. The average molecular weight is 297 g/mol. The molecule has 0 amide bonds. The zero-order chi connectivity index (χ0) is 14.2. The lowest BCUT2D eigenvalue weighted by Crippen LogP contribution is -2.28. The molecule has 0 bridgehead atoms. The molecule has 0 saturated heterocycles. The van der Waals surface area contributed by atoms with Crippen LogP contribution in [0.4, 0.5) is 4.39 Å². The van der Waals surface area contributed by atoms with Crippen LogP contribution in [0.25, 0.3) is 11.3 Å². The third-order valence-corrected chi connectivity index (χ3v) is 3.33. The van der Waals surface area contributed by atoms with E-state index >= 15 is 0 Å². The van der Waals surface area contributed by atoms with Gasteiger partial charge in [0.2, 0.25) is 0 Å². The van der Waals surface area contributed by atoms with Crippen LogP contribution in [0.1, 0.15) is 19.4 Å². The molecule has 3 N–H and O–H groups in total. The summed E-state index contributed by atoms with van der Waals surface area (Å²) >= 11 is 11.0. The third kappa shape index (κ3) is 3.21. The maximum absolute atomic E-state index is 13.2. The fourth-order valence-electron chi connectivity index (χ4n) is 1.73. The molecular weight excluding hydrogens is 283 g/mol. The summed E-state index contributed by atoms with van der Waals surface area (Å²) in [6.45, 7) is 3.80. The summed E-state index contributed by atoms with van der Waals surface area (Å²) < 4.78 is 13.8. The van der Waals surface area contributed by atoms with Crippen LogP contribution < -0.4 is 5.73 Å². The Hall–Kier alpha value is -1.23. The van der Waals surface area contributed by atoms with Gasteiger partial charge in [-0.3, -0.25) is 0 Å². The maximum Gasteiger partial charge on any atom is 0.141 e. The summed E-state index contributed by atoms with van der Waals surface area (Å²) in [5.74, 6) is -0.445. The predicted molar refractivity (Wildman–Crippen MR) is 79.2 cm³/mol. The largest absolute Gasteiger partial charge is 0.346 e. The highest BCUT2D eigenvalue weighted by Crippen LogP contribution is 2.26. The Bertz CT molecular complexity index is 674. The highest BCUT2D eigenvalue weighted by molar-refractivity contribution is 7.71. The van der Waals surface area contributed by atoms with Crippen LogP contribution in [0.15, 0.2) is 30.3 Å². The number of aromatic nitrogens is 1. The molecular formula is C14H14ClFN2S. The van der Waals surface area contributed by atoms with Gasteiger partial charge in [-0.15, -0.1) is 0 Å². The van der Waals surface area contributed by atoms with Gasteiger partial charge in [0.25, 0.3) is 0 Å². The smallest absolute Gasteiger partial charge is 0.141 e. The first-order valence-corrected chi connectivity index (χ1v) is 6.55. The van der Waals surface area contributed by atoms with Crippen molar-refractivity contribution in [3.8, 4) is 11.3 Å². The summed E-state index contributed by atoms with van der Waals surface area (Å²) in [4.78, 5) is 3.06. The quantitative estimate of drug-likeness (QED) is 0.807. The van der Waals surface area contributed by atoms with E-state index in [1.165, 1.54) is 6.07 Å². The zero-order valence-electron chi connectivity index (χ0n) is 10.6. The van der Waals surface area contributed by atoms with Crippen LogP contribution in [0.3, 0.4) is 0 Å². The first-order chi connectivity index (χ1) is 8.77. The maximum atomic E-state index is 13.2. The Balaban J connectivity index is 2.59. The SMILES string of the molecule is CC(C)(N)c1cc(-c2ccc(F)c(Cl)c2)[nH]c(=S)c1. The molecule has 1 aromatic carbocycles. The van der Waals surface area contributed by atoms with E-state index in [1.807, 2.05) is 26.0 Å². The van der Waals surface area contributed by atoms with Crippen LogP contribution in [-0.4, -0.2) is 4.98 Å². The van der Waals surface area contributed by atoms with Gasteiger partial charge >= 0.3 is 0 Å². The summed E-state index contributed by atoms with van der Waals surface area (Å²) in [5, 5.41) is 0.0780. The van der Waals surface area contributed by atoms with Crippen LogP contribution >= 0.6 is 23.8 Å². The van der Waals surface area contributed by atoms with E-state index < -0.39 is 11.4 Å². The number of halogens is 2. The summed E-state index contributed by atoms with van der Waals surface area (Å²) in [5.41, 5.74) is 8.02. The zero-order valence-corrected chi connectivity index (χ0v) is 12.2. The molecule has 0 unspecified atom stereocenters.